The highest BCUT2D eigenvalue weighted by Crippen LogP contribution is 2.70. The van der Waals surface area contributed by atoms with Crippen molar-refractivity contribution < 1.29 is 9.53 Å². The van der Waals surface area contributed by atoms with Crippen LogP contribution in [0.4, 0.5) is 0 Å². The summed E-state index contributed by atoms with van der Waals surface area (Å²) < 4.78 is 5.61. The number of rotatable bonds is 1. The van der Waals surface area contributed by atoms with E-state index in [-0.39, 0.29) is 12.1 Å². The minimum atomic E-state index is -0.108. The zero-order valence-electron chi connectivity index (χ0n) is 17.8. The van der Waals surface area contributed by atoms with Gasteiger partial charge in [-0.05, 0) is 111 Å². The largest absolute Gasteiger partial charge is 0.463 e. The summed E-state index contributed by atoms with van der Waals surface area (Å²) >= 11 is 0. The molecule has 1 spiro atoms. The molecule has 9 atom stereocenters. The summed E-state index contributed by atoms with van der Waals surface area (Å²) in [5.41, 5.74) is 0.959. The van der Waals surface area contributed by atoms with Crippen molar-refractivity contribution >= 4 is 5.97 Å². The molecule has 5 fully saturated rings. The molecule has 5 saturated carbocycles. The molecule has 0 amide bonds. The highest BCUT2D eigenvalue weighted by atomic mass is 16.5. The third kappa shape index (κ3) is 2.62. The molecule has 4 unspecified atom stereocenters. The van der Waals surface area contributed by atoms with E-state index in [2.05, 4.69) is 13.0 Å². The van der Waals surface area contributed by atoms with Gasteiger partial charge in [-0.3, -0.25) is 4.79 Å². The van der Waals surface area contributed by atoms with Crippen LogP contribution < -0.4 is 0 Å². The first-order chi connectivity index (χ1) is 13.5. The fraction of sp³-hybridized carbons (Fsp3) is 0.920. The Hall–Kier alpha value is -1.04. The fourth-order valence-corrected chi connectivity index (χ4v) is 9.52. The average molecular weight is 384 g/mol. The van der Waals surface area contributed by atoms with E-state index in [1.807, 2.05) is 0 Å². The molecular weight excluding hydrogens is 346 g/mol. The van der Waals surface area contributed by atoms with Crippen LogP contribution in [0.2, 0.25) is 0 Å². The van der Waals surface area contributed by atoms with Crippen molar-refractivity contribution in [2.75, 3.05) is 0 Å². The number of esters is 1. The molecule has 0 bridgehead atoms. The van der Waals surface area contributed by atoms with Gasteiger partial charge >= 0.3 is 5.97 Å². The molecular formula is C25H37NO2. The summed E-state index contributed by atoms with van der Waals surface area (Å²) in [6.45, 7) is 4.14. The highest BCUT2D eigenvalue weighted by Gasteiger charge is 2.63. The van der Waals surface area contributed by atoms with Crippen LogP contribution in [0.5, 0.6) is 0 Å². The summed E-state index contributed by atoms with van der Waals surface area (Å²) in [5.74, 6) is 4.30. The van der Waals surface area contributed by atoms with Gasteiger partial charge < -0.3 is 4.74 Å². The lowest BCUT2D eigenvalue weighted by molar-refractivity contribution is -0.162. The molecule has 0 heterocycles. The minimum absolute atomic E-state index is 0.108. The van der Waals surface area contributed by atoms with E-state index in [0.717, 1.165) is 42.9 Å². The molecule has 0 radical (unpaired) electrons. The summed E-state index contributed by atoms with van der Waals surface area (Å²) in [6.07, 6.45) is 15.6. The second-order valence-electron chi connectivity index (χ2n) is 11.2. The van der Waals surface area contributed by atoms with E-state index in [1.54, 1.807) is 6.92 Å². The number of fused-ring (bicyclic) bond motifs is 4. The third-order valence-electron chi connectivity index (χ3n) is 10.5. The van der Waals surface area contributed by atoms with Crippen LogP contribution in [0, 0.1) is 57.7 Å². The van der Waals surface area contributed by atoms with E-state index < -0.39 is 0 Å². The molecule has 0 aromatic heterocycles. The van der Waals surface area contributed by atoms with Gasteiger partial charge in [0, 0.05) is 12.8 Å². The number of hydrogen-bond acceptors (Lipinski definition) is 3. The van der Waals surface area contributed by atoms with Crippen LogP contribution >= 0.6 is 0 Å². The number of ether oxygens (including phenoxy) is 1. The molecule has 0 aromatic carbocycles. The first-order valence-corrected chi connectivity index (χ1v) is 12.0. The van der Waals surface area contributed by atoms with Crippen LogP contribution in [0.3, 0.4) is 0 Å². The van der Waals surface area contributed by atoms with Crippen molar-refractivity contribution in [1.82, 2.24) is 0 Å². The Morgan fingerprint density at radius 1 is 0.964 bits per heavy atom. The first-order valence-electron chi connectivity index (χ1n) is 12.0. The van der Waals surface area contributed by atoms with E-state index in [0.29, 0.717) is 22.7 Å². The van der Waals surface area contributed by atoms with Crippen LogP contribution in [0.25, 0.3) is 0 Å². The Morgan fingerprint density at radius 3 is 2.57 bits per heavy atom. The molecule has 28 heavy (non-hydrogen) atoms. The predicted octanol–water partition coefficient (Wildman–Crippen LogP) is 5.88. The number of carbonyl (C=O) groups excluding carboxylic acids is 1. The molecule has 0 N–H and O–H groups in total. The molecule has 0 saturated heterocycles. The first kappa shape index (κ1) is 19.0. The van der Waals surface area contributed by atoms with E-state index >= 15 is 0 Å². The minimum Gasteiger partial charge on any atom is -0.463 e. The predicted molar refractivity (Wildman–Crippen MR) is 108 cm³/mol. The zero-order valence-corrected chi connectivity index (χ0v) is 17.8. The average Bonchev–Trinajstić information content (AvgIpc) is 3.07. The number of hydrogen-bond donors (Lipinski definition) is 0. The molecule has 0 aromatic rings. The van der Waals surface area contributed by atoms with Crippen LogP contribution in [-0.2, 0) is 9.53 Å². The van der Waals surface area contributed by atoms with E-state index in [1.165, 1.54) is 57.8 Å². The van der Waals surface area contributed by atoms with Crippen LogP contribution in [-0.4, -0.2) is 12.1 Å². The van der Waals surface area contributed by atoms with E-state index in [9.17, 15) is 10.1 Å². The lowest BCUT2D eigenvalue weighted by Gasteiger charge is -2.62. The summed E-state index contributed by atoms with van der Waals surface area (Å²) in [5, 5.41) is 9.75. The number of nitriles is 1. The van der Waals surface area contributed by atoms with Crippen molar-refractivity contribution in [3.8, 4) is 6.07 Å². The number of nitrogens with zero attached hydrogens (tertiary/aromatic N) is 1. The van der Waals surface area contributed by atoms with Gasteiger partial charge in [0.25, 0.3) is 0 Å². The van der Waals surface area contributed by atoms with Gasteiger partial charge in [-0.25, -0.2) is 0 Å². The van der Waals surface area contributed by atoms with Crippen molar-refractivity contribution in [1.29, 1.82) is 5.26 Å². The molecule has 3 heteroatoms. The lowest BCUT2D eigenvalue weighted by Crippen LogP contribution is -2.55. The number of carbonyl (C=O) groups is 1. The van der Waals surface area contributed by atoms with Gasteiger partial charge in [0.1, 0.15) is 6.10 Å². The zero-order chi connectivity index (χ0) is 19.5. The lowest BCUT2D eigenvalue weighted by atomic mass is 9.43. The Morgan fingerprint density at radius 2 is 1.79 bits per heavy atom. The van der Waals surface area contributed by atoms with E-state index in [4.69, 9.17) is 4.74 Å². The van der Waals surface area contributed by atoms with Crippen LogP contribution in [0.15, 0.2) is 0 Å². The van der Waals surface area contributed by atoms with Crippen molar-refractivity contribution in [3.63, 3.8) is 0 Å². The highest BCUT2D eigenvalue weighted by molar-refractivity contribution is 5.66. The second kappa shape index (κ2) is 6.75. The Balaban J connectivity index is 1.37. The quantitative estimate of drug-likeness (QED) is 0.531. The maximum atomic E-state index is 11.4. The molecule has 3 nitrogen and oxygen atoms in total. The summed E-state index contributed by atoms with van der Waals surface area (Å²) in [6, 6.07) is 2.71. The molecule has 0 aliphatic heterocycles. The third-order valence-corrected chi connectivity index (χ3v) is 10.5. The van der Waals surface area contributed by atoms with Crippen molar-refractivity contribution in [3.05, 3.63) is 0 Å². The van der Waals surface area contributed by atoms with Crippen LogP contribution in [0.1, 0.15) is 90.9 Å². The molecule has 154 valence electrons. The standard InChI is InChI=1S/C25H37NO2/c1-16(27)28-19-9-12-24(2)18(14-19)5-6-20-22(24)10-13-25-11-3-4-17(15-26)21(25)7-8-23(20)25/h17-23H,3-14H2,1-2H3/t17?,18-,19+,20?,21+,22?,23?,24-,25+/m0/s1. The van der Waals surface area contributed by atoms with Gasteiger partial charge in [-0.2, -0.15) is 5.26 Å². The molecule has 5 rings (SSSR count). The maximum absolute atomic E-state index is 11.4. The monoisotopic (exact) mass is 383 g/mol. The summed E-state index contributed by atoms with van der Waals surface area (Å²) in [7, 11) is 0. The van der Waals surface area contributed by atoms with Gasteiger partial charge in [-0.1, -0.05) is 13.3 Å². The maximum Gasteiger partial charge on any atom is 0.302 e. The Bertz CT molecular complexity index is 683. The molecule has 5 aliphatic rings. The van der Waals surface area contributed by atoms with Gasteiger partial charge in [0.15, 0.2) is 0 Å². The van der Waals surface area contributed by atoms with Gasteiger partial charge in [0.2, 0.25) is 0 Å². The SMILES string of the molecule is CC(=O)O[C@@H]1CC[C@]2(C)C3CC[C@]45CCCC(C#N)[C@H]4CCC5C3CC[C@H]2C1. The second-order valence-corrected chi connectivity index (χ2v) is 11.2. The van der Waals surface area contributed by atoms with Crippen molar-refractivity contribution in [2.45, 2.75) is 97.0 Å². The Labute approximate surface area is 170 Å². The summed E-state index contributed by atoms with van der Waals surface area (Å²) in [4.78, 5) is 11.4. The van der Waals surface area contributed by atoms with Gasteiger partial charge in [0.05, 0.1) is 6.07 Å². The van der Waals surface area contributed by atoms with Gasteiger partial charge in [-0.15, -0.1) is 0 Å². The molecule has 5 aliphatic carbocycles. The van der Waals surface area contributed by atoms with Crippen molar-refractivity contribution in [2.24, 2.45) is 46.3 Å². The topological polar surface area (TPSA) is 50.1 Å². The Kier molecular flexibility index (Phi) is 4.57. The smallest absolute Gasteiger partial charge is 0.302 e. The fourth-order valence-electron chi connectivity index (χ4n) is 9.52. The normalized spacial score (nSPS) is 52.4.